The molecule has 1 aromatic heterocycles. The quantitative estimate of drug-likeness (QED) is 0.833. The summed E-state index contributed by atoms with van der Waals surface area (Å²) in [5.74, 6) is 0.572. The summed E-state index contributed by atoms with van der Waals surface area (Å²) in [7, 11) is 0. The Kier molecular flexibility index (Phi) is 4.88. The van der Waals surface area contributed by atoms with Gasteiger partial charge in [-0.25, -0.2) is 4.79 Å². The van der Waals surface area contributed by atoms with Gasteiger partial charge in [-0.15, -0.1) is 0 Å². The highest BCUT2D eigenvalue weighted by Gasteiger charge is 2.26. The summed E-state index contributed by atoms with van der Waals surface area (Å²) in [5, 5.41) is 6.83. The second-order valence-corrected chi connectivity index (χ2v) is 6.61. The number of amides is 1. The van der Waals surface area contributed by atoms with Crippen LogP contribution in [0.3, 0.4) is 0 Å². The second kappa shape index (κ2) is 7.07. The van der Waals surface area contributed by atoms with E-state index in [-0.39, 0.29) is 17.5 Å². The molecule has 1 aliphatic carbocycles. The van der Waals surface area contributed by atoms with Crippen LogP contribution >= 0.6 is 0 Å². The molecule has 0 unspecified atom stereocenters. The maximum Gasteiger partial charge on any atom is 0.362 e. The fourth-order valence-corrected chi connectivity index (χ4v) is 3.37. The van der Waals surface area contributed by atoms with Crippen LogP contribution in [0.15, 0.2) is 33.5 Å². The number of fused-ring (bicyclic) bond motifs is 1. The van der Waals surface area contributed by atoms with Gasteiger partial charge < -0.3 is 15.1 Å². The van der Waals surface area contributed by atoms with Gasteiger partial charge in [0.15, 0.2) is 5.69 Å². The van der Waals surface area contributed by atoms with E-state index in [4.69, 9.17) is 4.42 Å². The standard InChI is InChI=1S/C19H24N2O3/c1-3-20-16-14-6-4-5-7-15(14)24-19(23)17(16)21-18(22)13-10-8-12(2)9-11-13/h4-7,12-13,20H,3,8-11H2,1-2H3,(H,21,22). The molecule has 1 amide bonds. The fraction of sp³-hybridized carbons (Fsp3) is 0.474. The van der Waals surface area contributed by atoms with E-state index < -0.39 is 5.63 Å². The molecule has 1 fully saturated rings. The normalized spacial score (nSPS) is 20.8. The summed E-state index contributed by atoms with van der Waals surface area (Å²) in [6.45, 7) is 4.82. The van der Waals surface area contributed by atoms with Crippen molar-refractivity contribution in [3.8, 4) is 0 Å². The van der Waals surface area contributed by atoms with Crippen LogP contribution in [-0.4, -0.2) is 12.5 Å². The van der Waals surface area contributed by atoms with Gasteiger partial charge in [-0.05, 0) is 50.7 Å². The van der Waals surface area contributed by atoms with E-state index in [1.807, 2.05) is 25.1 Å². The Bertz CT molecular complexity index is 789. The number of hydrogen-bond acceptors (Lipinski definition) is 4. The molecule has 24 heavy (non-hydrogen) atoms. The summed E-state index contributed by atoms with van der Waals surface area (Å²) in [5.41, 5.74) is 0.867. The zero-order chi connectivity index (χ0) is 17.1. The van der Waals surface area contributed by atoms with E-state index in [1.54, 1.807) is 6.07 Å². The summed E-state index contributed by atoms with van der Waals surface area (Å²) in [4.78, 5) is 25.0. The van der Waals surface area contributed by atoms with Crippen molar-refractivity contribution in [2.75, 3.05) is 17.2 Å². The van der Waals surface area contributed by atoms with Crippen LogP contribution in [0.2, 0.25) is 0 Å². The molecule has 3 rings (SSSR count). The first-order chi connectivity index (χ1) is 11.6. The number of anilines is 2. The van der Waals surface area contributed by atoms with Crippen LogP contribution in [0.1, 0.15) is 39.5 Å². The summed E-state index contributed by atoms with van der Waals surface area (Å²) < 4.78 is 5.37. The lowest BCUT2D eigenvalue weighted by Gasteiger charge is -2.25. The third-order valence-corrected chi connectivity index (χ3v) is 4.80. The van der Waals surface area contributed by atoms with Crippen LogP contribution in [0.5, 0.6) is 0 Å². The monoisotopic (exact) mass is 328 g/mol. The molecule has 5 heteroatoms. The zero-order valence-corrected chi connectivity index (χ0v) is 14.2. The number of carbonyl (C=O) groups is 1. The van der Waals surface area contributed by atoms with Gasteiger partial charge in [0, 0.05) is 17.8 Å². The first-order valence-electron chi connectivity index (χ1n) is 8.70. The van der Waals surface area contributed by atoms with E-state index in [0.717, 1.165) is 31.1 Å². The van der Waals surface area contributed by atoms with E-state index in [2.05, 4.69) is 17.6 Å². The molecule has 0 atom stereocenters. The Morgan fingerprint density at radius 1 is 1.17 bits per heavy atom. The SMILES string of the molecule is CCNc1c(NC(=O)C2CCC(C)CC2)c(=O)oc2ccccc12. The van der Waals surface area contributed by atoms with Gasteiger partial charge in [0.1, 0.15) is 5.58 Å². The van der Waals surface area contributed by atoms with Gasteiger partial charge >= 0.3 is 5.63 Å². The Balaban J connectivity index is 1.93. The Morgan fingerprint density at radius 3 is 2.58 bits per heavy atom. The highest BCUT2D eigenvalue weighted by atomic mass is 16.4. The lowest BCUT2D eigenvalue weighted by molar-refractivity contribution is -0.121. The van der Waals surface area contributed by atoms with Gasteiger partial charge in [0.05, 0.1) is 5.69 Å². The third-order valence-electron chi connectivity index (χ3n) is 4.80. The summed E-state index contributed by atoms with van der Waals surface area (Å²) in [6.07, 6.45) is 3.87. The molecule has 0 spiro atoms. The second-order valence-electron chi connectivity index (χ2n) is 6.61. The van der Waals surface area contributed by atoms with Crippen LogP contribution in [0.4, 0.5) is 11.4 Å². The van der Waals surface area contributed by atoms with Crippen molar-refractivity contribution in [1.82, 2.24) is 0 Å². The fourth-order valence-electron chi connectivity index (χ4n) is 3.37. The summed E-state index contributed by atoms with van der Waals surface area (Å²) >= 11 is 0. The van der Waals surface area contributed by atoms with E-state index in [0.29, 0.717) is 23.7 Å². The van der Waals surface area contributed by atoms with Gasteiger partial charge in [-0.2, -0.15) is 0 Å². The third kappa shape index (κ3) is 3.30. The molecule has 0 bridgehead atoms. The van der Waals surface area contributed by atoms with Crippen LogP contribution in [-0.2, 0) is 4.79 Å². The van der Waals surface area contributed by atoms with Crippen molar-refractivity contribution in [2.24, 2.45) is 11.8 Å². The van der Waals surface area contributed by atoms with Gasteiger partial charge in [-0.1, -0.05) is 19.1 Å². The number of carbonyl (C=O) groups excluding carboxylic acids is 1. The minimum atomic E-state index is -0.512. The molecule has 1 heterocycles. The minimum absolute atomic E-state index is 0.0263. The number of nitrogens with one attached hydrogen (secondary N) is 2. The van der Waals surface area contributed by atoms with Crippen molar-refractivity contribution in [3.05, 3.63) is 34.7 Å². The van der Waals surface area contributed by atoms with Gasteiger partial charge in [-0.3, -0.25) is 4.79 Å². The molecule has 128 valence electrons. The number of hydrogen-bond donors (Lipinski definition) is 2. The molecule has 2 N–H and O–H groups in total. The zero-order valence-electron chi connectivity index (χ0n) is 14.2. The first-order valence-corrected chi connectivity index (χ1v) is 8.70. The molecule has 0 aliphatic heterocycles. The molecule has 1 saturated carbocycles. The first kappa shape index (κ1) is 16.6. The predicted octanol–water partition coefficient (Wildman–Crippen LogP) is 3.99. The molecule has 1 aliphatic rings. The molecule has 2 aromatic rings. The maximum atomic E-state index is 12.6. The Hall–Kier alpha value is -2.30. The number of rotatable bonds is 4. The van der Waals surface area contributed by atoms with Gasteiger partial charge in [0.2, 0.25) is 5.91 Å². The highest BCUT2D eigenvalue weighted by Crippen LogP contribution is 2.32. The lowest BCUT2D eigenvalue weighted by atomic mass is 9.82. The van der Waals surface area contributed by atoms with Crippen molar-refractivity contribution in [1.29, 1.82) is 0 Å². The number of benzene rings is 1. The number of para-hydroxylation sites is 1. The molecule has 0 radical (unpaired) electrons. The average Bonchev–Trinajstić information content (AvgIpc) is 2.58. The predicted molar refractivity (Wildman–Crippen MR) is 96.4 cm³/mol. The average molecular weight is 328 g/mol. The Morgan fingerprint density at radius 2 is 1.88 bits per heavy atom. The molecule has 1 aromatic carbocycles. The largest absolute Gasteiger partial charge is 0.421 e. The smallest absolute Gasteiger partial charge is 0.362 e. The van der Waals surface area contributed by atoms with Crippen LogP contribution in [0.25, 0.3) is 11.0 Å². The van der Waals surface area contributed by atoms with Crippen molar-refractivity contribution >= 4 is 28.3 Å². The van der Waals surface area contributed by atoms with E-state index >= 15 is 0 Å². The van der Waals surface area contributed by atoms with Crippen molar-refractivity contribution in [3.63, 3.8) is 0 Å². The molecular formula is C19H24N2O3. The van der Waals surface area contributed by atoms with Crippen molar-refractivity contribution in [2.45, 2.75) is 39.5 Å². The van der Waals surface area contributed by atoms with Gasteiger partial charge in [0.25, 0.3) is 0 Å². The van der Waals surface area contributed by atoms with E-state index in [9.17, 15) is 9.59 Å². The maximum absolute atomic E-state index is 12.6. The highest BCUT2D eigenvalue weighted by molar-refractivity contribution is 6.02. The molecule has 5 nitrogen and oxygen atoms in total. The summed E-state index contributed by atoms with van der Waals surface area (Å²) in [6, 6.07) is 7.35. The van der Waals surface area contributed by atoms with Crippen LogP contribution < -0.4 is 16.3 Å². The lowest BCUT2D eigenvalue weighted by Crippen LogP contribution is -2.29. The molecular weight excluding hydrogens is 304 g/mol. The molecule has 0 saturated heterocycles. The Labute approximate surface area is 141 Å². The van der Waals surface area contributed by atoms with E-state index in [1.165, 1.54) is 0 Å². The van der Waals surface area contributed by atoms with Crippen molar-refractivity contribution < 1.29 is 9.21 Å². The topological polar surface area (TPSA) is 71.3 Å². The minimum Gasteiger partial charge on any atom is -0.421 e. The van der Waals surface area contributed by atoms with Crippen LogP contribution in [0, 0.1) is 11.8 Å².